The van der Waals surface area contributed by atoms with E-state index in [1.165, 1.54) is 23.0 Å². The van der Waals surface area contributed by atoms with Gasteiger partial charge >= 0.3 is 0 Å². The van der Waals surface area contributed by atoms with Gasteiger partial charge in [0.25, 0.3) is 6.43 Å². The lowest BCUT2D eigenvalue weighted by Crippen LogP contribution is -1.97. The van der Waals surface area contributed by atoms with E-state index in [9.17, 15) is 8.78 Å². The molecule has 2 N–H and O–H groups in total. The Hall–Kier alpha value is -2.24. The van der Waals surface area contributed by atoms with Crippen LogP contribution < -0.4 is 5.73 Å². The Morgan fingerprint density at radius 3 is 2.50 bits per heavy atom. The quantitative estimate of drug-likeness (QED) is 0.851. The van der Waals surface area contributed by atoms with E-state index in [4.69, 9.17) is 5.73 Å². The van der Waals surface area contributed by atoms with Crippen LogP contribution in [0.2, 0.25) is 0 Å². The first kappa shape index (κ1) is 12.2. The van der Waals surface area contributed by atoms with Gasteiger partial charge in [-0.15, -0.1) is 0 Å². The molecule has 0 atom stereocenters. The third kappa shape index (κ3) is 2.71. The molecule has 94 valence electrons. The number of benzene rings is 1. The van der Waals surface area contributed by atoms with Gasteiger partial charge in [0.1, 0.15) is 0 Å². The molecule has 0 amide bonds. The molecule has 2 aromatic rings. The topological polar surface area (TPSA) is 56.2 Å². The second-order valence-corrected chi connectivity index (χ2v) is 3.80. The van der Waals surface area contributed by atoms with Gasteiger partial charge < -0.3 is 5.73 Å². The lowest BCUT2D eigenvalue weighted by molar-refractivity contribution is 0.151. The number of hydrogen-bond acceptors (Lipinski definition) is 3. The van der Waals surface area contributed by atoms with Crippen molar-refractivity contribution in [3.05, 3.63) is 47.3 Å². The third-order valence-corrected chi connectivity index (χ3v) is 2.35. The minimum absolute atomic E-state index is 0.00913. The average Bonchev–Trinajstić information content (AvgIpc) is 2.66. The van der Waals surface area contributed by atoms with Crippen LogP contribution in [0.5, 0.6) is 0 Å². The second kappa shape index (κ2) is 4.95. The zero-order valence-electron chi connectivity index (χ0n) is 9.72. The zero-order valence-corrected chi connectivity index (χ0v) is 9.72. The smallest absolute Gasteiger partial charge is 0.263 e. The standard InChI is InChI=1S/C12H12F2N4/c1-8-7-18(12(15)17-8)16-6-9-2-4-10(5-3-9)11(13)14/h2-7,11H,1H3,(H2,15,17). The number of anilines is 1. The summed E-state index contributed by atoms with van der Waals surface area (Å²) in [6, 6.07) is 5.89. The minimum Gasteiger partial charge on any atom is -0.368 e. The maximum Gasteiger partial charge on any atom is 0.263 e. The lowest BCUT2D eigenvalue weighted by atomic mass is 10.1. The van der Waals surface area contributed by atoms with Crippen molar-refractivity contribution >= 4 is 12.2 Å². The van der Waals surface area contributed by atoms with Crippen LogP contribution in [0.1, 0.15) is 23.2 Å². The predicted molar refractivity (Wildman–Crippen MR) is 65.8 cm³/mol. The highest BCUT2D eigenvalue weighted by molar-refractivity contribution is 5.79. The number of halogens is 2. The van der Waals surface area contributed by atoms with E-state index in [1.54, 1.807) is 25.3 Å². The molecular weight excluding hydrogens is 238 g/mol. The van der Waals surface area contributed by atoms with Crippen molar-refractivity contribution in [1.29, 1.82) is 0 Å². The Balaban J connectivity index is 2.16. The Labute approximate surface area is 103 Å². The minimum atomic E-state index is -2.46. The van der Waals surface area contributed by atoms with Gasteiger partial charge in [0, 0.05) is 5.56 Å². The molecule has 18 heavy (non-hydrogen) atoms. The Morgan fingerprint density at radius 2 is 2.00 bits per heavy atom. The normalized spacial score (nSPS) is 11.6. The fraction of sp³-hybridized carbons (Fsp3) is 0.167. The third-order valence-electron chi connectivity index (χ3n) is 2.35. The molecule has 0 bridgehead atoms. The fourth-order valence-corrected chi connectivity index (χ4v) is 1.45. The Morgan fingerprint density at radius 1 is 1.33 bits per heavy atom. The monoisotopic (exact) mass is 250 g/mol. The van der Waals surface area contributed by atoms with E-state index < -0.39 is 6.43 Å². The molecule has 0 aliphatic rings. The van der Waals surface area contributed by atoms with Gasteiger partial charge in [-0.3, -0.25) is 0 Å². The van der Waals surface area contributed by atoms with E-state index in [0.29, 0.717) is 5.56 Å². The summed E-state index contributed by atoms with van der Waals surface area (Å²) in [5, 5.41) is 4.09. The van der Waals surface area contributed by atoms with E-state index in [1.807, 2.05) is 0 Å². The van der Waals surface area contributed by atoms with E-state index >= 15 is 0 Å². The number of nitrogen functional groups attached to an aromatic ring is 1. The fourth-order valence-electron chi connectivity index (χ4n) is 1.45. The molecular formula is C12H12F2N4. The van der Waals surface area contributed by atoms with Gasteiger partial charge in [-0.2, -0.15) is 5.10 Å². The molecule has 0 aliphatic carbocycles. The number of aromatic nitrogens is 2. The molecule has 0 saturated carbocycles. The predicted octanol–water partition coefficient (Wildman–Crippen LogP) is 2.59. The Bertz CT molecular complexity index is 558. The molecule has 0 unspecified atom stereocenters. The summed E-state index contributed by atoms with van der Waals surface area (Å²) in [6.07, 6.45) is 0.759. The number of rotatable bonds is 3. The van der Waals surface area contributed by atoms with Crippen LogP contribution in [0.4, 0.5) is 14.7 Å². The van der Waals surface area contributed by atoms with Crippen LogP contribution in [0, 0.1) is 6.92 Å². The van der Waals surface area contributed by atoms with Crippen molar-refractivity contribution in [2.75, 3.05) is 5.73 Å². The van der Waals surface area contributed by atoms with Gasteiger partial charge in [-0.05, 0) is 12.5 Å². The molecule has 0 saturated heterocycles. The molecule has 0 fully saturated rings. The highest BCUT2D eigenvalue weighted by Gasteiger charge is 2.05. The van der Waals surface area contributed by atoms with Crippen LogP contribution in [-0.2, 0) is 0 Å². The highest BCUT2D eigenvalue weighted by Crippen LogP contribution is 2.18. The van der Waals surface area contributed by atoms with Crippen molar-refractivity contribution in [3.8, 4) is 0 Å². The van der Waals surface area contributed by atoms with E-state index in [-0.39, 0.29) is 11.5 Å². The molecule has 1 heterocycles. The van der Waals surface area contributed by atoms with Gasteiger partial charge in [-0.1, -0.05) is 24.3 Å². The first-order valence-electron chi connectivity index (χ1n) is 5.30. The highest BCUT2D eigenvalue weighted by atomic mass is 19.3. The number of imidazole rings is 1. The van der Waals surface area contributed by atoms with Crippen molar-refractivity contribution in [3.63, 3.8) is 0 Å². The largest absolute Gasteiger partial charge is 0.368 e. The second-order valence-electron chi connectivity index (χ2n) is 3.80. The molecule has 4 nitrogen and oxygen atoms in total. The summed E-state index contributed by atoms with van der Waals surface area (Å²) >= 11 is 0. The molecule has 0 aliphatic heterocycles. The van der Waals surface area contributed by atoms with Crippen LogP contribution in [0.15, 0.2) is 35.6 Å². The first-order chi connectivity index (χ1) is 8.56. The SMILES string of the molecule is Cc1cn(N=Cc2ccc(C(F)F)cc2)c(N)n1. The summed E-state index contributed by atoms with van der Waals surface area (Å²) in [6.45, 7) is 1.81. The number of nitrogens with two attached hydrogens (primary N) is 1. The van der Waals surface area contributed by atoms with Gasteiger partial charge in [0.2, 0.25) is 5.95 Å². The summed E-state index contributed by atoms with van der Waals surface area (Å²) < 4.78 is 26.1. The molecule has 0 radical (unpaired) electrons. The number of alkyl halides is 2. The van der Waals surface area contributed by atoms with Gasteiger partial charge in [0.15, 0.2) is 0 Å². The maximum absolute atomic E-state index is 12.3. The zero-order chi connectivity index (χ0) is 13.1. The summed E-state index contributed by atoms with van der Waals surface area (Å²) in [5.74, 6) is 0.285. The van der Waals surface area contributed by atoms with E-state index in [0.717, 1.165) is 5.69 Å². The summed E-state index contributed by atoms with van der Waals surface area (Å²) in [7, 11) is 0. The van der Waals surface area contributed by atoms with Gasteiger partial charge in [0.05, 0.1) is 18.1 Å². The van der Waals surface area contributed by atoms with Crippen molar-refractivity contribution < 1.29 is 8.78 Å². The van der Waals surface area contributed by atoms with Crippen LogP contribution in [0.25, 0.3) is 0 Å². The van der Waals surface area contributed by atoms with Crippen LogP contribution in [0.3, 0.4) is 0 Å². The summed E-state index contributed by atoms with van der Waals surface area (Å²) in [5.41, 5.74) is 7.07. The number of hydrogen-bond donors (Lipinski definition) is 1. The van der Waals surface area contributed by atoms with Crippen molar-refractivity contribution in [1.82, 2.24) is 9.66 Å². The summed E-state index contributed by atoms with van der Waals surface area (Å²) in [4.78, 5) is 3.99. The molecule has 1 aromatic heterocycles. The first-order valence-corrected chi connectivity index (χ1v) is 5.30. The maximum atomic E-state index is 12.3. The van der Waals surface area contributed by atoms with Crippen LogP contribution >= 0.6 is 0 Å². The van der Waals surface area contributed by atoms with Gasteiger partial charge in [-0.25, -0.2) is 18.4 Å². The Kier molecular flexibility index (Phi) is 3.36. The van der Waals surface area contributed by atoms with E-state index in [2.05, 4.69) is 10.1 Å². The average molecular weight is 250 g/mol. The number of nitrogens with zero attached hydrogens (tertiary/aromatic N) is 3. The van der Waals surface area contributed by atoms with Crippen molar-refractivity contribution in [2.45, 2.75) is 13.3 Å². The molecule has 2 rings (SSSR count). The molecule has 6 heteroatoms. The lowest BCUT2D eigenvalue weighted by Gasteiger charge is -1.99. The molecule has 1 aromatic carbocycles. The van der Waals surface area contributed by atoms with Crippen molar-refractivity contribution in [2.24, 2.45) is 5.10 Å². The number of aryl methyl sites for hydroxylation is 1. The van der Waals surface area contributed by atoms with Crippen LogP contribution in [-0.4, -0.2) is 15.9 Å². The molecule has 0 spiro atoms.